The second-order valence-electron chi connectivity index (χ2n) is 7.71. The van der Waals surface area contributed by atoms with Gasteiger partial charge in [0.1, 0.15) is 11.3 Å². The first-order chi connectivity index (χ1) is 14.5. The van der Waals surface area contributed by atoms with E-state index in [2.05, 4.69) is 5.32 Å². The topological polar surface area (TPSA) is 88.9 Å². The molecule has 1 aromatic heterocycles. The number of piperidine rings is 1. The Morgan fingerprint density at radius 3 is 2.73 bits per heavy atom. The Morgan fingerprint density at radius 2 is 1.90 bits per heavy atom. The van der Waals surface area contributed by atoms with Gasteiger partial charge in [0.25, 0.3) is 0 Å². The standard InChI is InChI=1S/C22H22N2O5S/c25-22(23-18-1-3-20-16(13-18)7-11-28-20)15-5-9-24(10-6-15)30(26,27)19-2-4-21-17(14-19)8-12-29-21/h1-4,7,11,13-15H,5-6,8-10,12H2,(H,23,25). The van der Waals surface area contributed by atoms with E-state index in [0.717, 1.165) is 28.7 Å². The van der Waals surface area contributed by atoms with Gasteiger partial charge >= 0.3 is 0 Å². The van der Waals surface area contributed by atoms with Crippen molar-refractivity contribution in [3.8, 4) is 5.75 Å². The molecule has 3 heterocycles. The number of nitrogens with zero attached hydrogens (tertiary/aromatic N) is 1. The molecule has 7 nitrogen and oxygen atoms in total. The molecule has 2 aromatic carbocycles. The summed E-state index contributed by atoms with van der Waals surface area (Å²) in [4.78, 5) is 13.0. The van der Waals surface area contributed by atoms with Crippen molar-refractivity contribution in [3.63, 3.8) is 0 Å². The van der Waals surface area contributed by atoms with Crippen molar-refractivity contribution in [2.24, 2.45) is 5.92 Å². The van der Waals surface area contributed by atoms with Crippen molar-refractivity contribution in [3.05, 3.63) is 54.3 Å². The van der Waals surface area contributed by atoms with E-state index in [1.165, 1.54) is 4.31 Å². The summed E-state index contributed by atoms with van der Waals surface area (Å²) in [7, 11) is -3.57. The highest BCUT2D eigenvalue weighted by Crippen LogP contribution is 2.31. The van der Waals surface area contributed by atoms with Gasteiger partial charge in [-0.2, -0.15) is 4.31 Å². The number of furan rings is 1. The molecule has 0 saturated carbocycles. The van der Waals surface area contributed by atoms with Crippen LogP contribution >= 0.6 is 0 Å². The first kappa shape index (κ1) is 19.1. The molecule has 0 spiro atoms. The zero-order chi connectivity index (χ0) is 20.7. The molecule has 1 fully saturated rings. The van der Waals surface area contributed by atoms with Crippen molar-refractivity contribution < 1.29 is 22.4 Å². The van der Waals surface area contributed by atoms with E-state index in [-0.39, 0.29) is 11.8 Å². The molecule has 156 valence electrons. The highest BCUT2D eigenvalue weighted by atomic mass is 32.2. The monoisotopic (exact) mass is 426 g/mol. The predicted octanol–water partition coefficient (Wildman–Crippen LogP) is 3.41. The van der Waals surface area contributed by atoms with Crippen molar-refractivity contribution in [1.29, 1.82) is 0 Å². The molecule has 0 radical (unpaired) electrons. The van der Waals surface area contributed by atoms with Gasteiger partial charge in [-0.15, -0.1) is 0 Å². The van der Waals surface area contributed by atoms with Gasteiger partial charge in [0.2, 0.25) is 15.9 Å². The van der Waals surface area contributed by atoms with Gasteiger partial charge in [0.15, 0.2) is 0 Å². The van der Waals surface area contributed by atoms with Crippen molar-refractivity contribution in [2.45, 2.75) is 24.2 Å². The van der Waals surface area contributed by atoms with Gasteiger partial charge < -0.3 is 14.5 Å². The normalized spacial score (nSPS) is 17.6. The van der Waals surface area contributed by atoms with Crippen LogP contribution in [0.2, 0.25) is 0 Å². The third-order valence-electron chi connectivity index (χ3n) is 5.84. The van der Waals surface area contributed by atoms with Crippen molar-refractivity contribution >= 4 is 32.6 Å². The minimum atomic E-state index is -3.57. The summed E-state index contributed by atoms with van der Waals surface area (Å²) in [6.07, 6.45) is 3.33. The minimum absolute atomic E-state index is 0.0791. The summed E-state index contributed by atoms with van der Waals surface area (Å²) in [5, 5.41) is 3.87. The SMILES string of the molecule is O=C(Nc1ccc2occc2c1)C1CCN(S(=O)(=O)c2ccc3c(c2)CCO3)CC1. The molecule has 8 heteroatoms. The van der Waals surface area contributed by atoms with E-state index in [0.29, 0.717) is 43.1 Å². The molecule has 3 aromatic rings. The molecule has 2 aliphatic heterocycles. The molecule has 0 atom stereocenters. The van der Waals surface area contributed by atoms with E-state index in [1.54, 1.807) is 30.5 Å². The fraction of sp³-hybridized carbons (Fsp3) is 0.318. The van der Waals surface area contributed by atoms with E-state index in [9.17, 15) is 13.2 Å². The maximum atomic E-state index is 13.0. The molecule has 1 amide bonds. The van der Waals surface area contributed by atoms with Crippen LogP contribution in [0.15, 0.2) is 58.0 Å². The van der Waals surface area contributed by atoms with E-state index < -0.39 is 10.0 Å². The summed E-state index contributed by atoms with van der Waals surface area (Å²) < 4.78 is 38.3. The quantitative estimate of drug-likeness (QED) is 0.691. The lowest BCUT2D eigenvalue weighted by Gasteiger charge is -2.30. The number of ether oxygens (including phenoxy) is 1. The molecule has 5 rings (SSSR count). The summed E-state index contributed by atoms with van der Waals surface area (Å²) >= 11 is 0. The Morgan fingerprint density at radius 1 is 1.07 bits per heavy atom. The maximum absolute atomic E-state index is 13.0. The van der Waals surface area contributed by atoms with Crippen LogP contribution in [0.3, 0.4) is 0 Å². The summed E-state index contributed by atoms with van der Waals surface area (Å²) in [5.74, 6) is 0.465. The number of hydrogen-bond acceptors (Lipinski definition) is 5. The third kappa shape index (κ3) is 3.46. The van der Waals surface area contributed by atoms with Gasteiger partial charge in [0, 0.05) is 36.5 Å². The average Bonchev–Trinajstić information content (AvgIpc) is 3.42. The van der Waals surface area contributed by atoms with Crippen LogP contribution in [-0.2, 0) is 21.2 Å². The van der Waals surface area contributed by atoms with E-state index in [4.69, 9.17) is 9.15 Å². The average molecular weight is 426 g/mol. The first-order valence-electron chi connectivity index (χ1n) is 10.0. The third-order valence-corrected chi connectivity index (χ3v) is 7.74. The van der Waals surface area contributed by atoms with E-state index in [1.807, 2.05) is 18.2 Å². The summed E-state index contributed by atoms with van der Waals surface area (Å²) in [5.41, 5.74) is 2.41. The van der Waals surface area contributed by atoms with E-state index >= 15 is 0 Å². The van der Waals surface area contributed by atoms with Crippen LogP contribution in [0.25, 0.3) is 11.0 Å². The highest BCUT2D eigenvalue weighted by Gasteiger charge is 2.32. The van der Waals surface area contributed by atoms with Crippen molar-refractivity contribution in [1.82, 2.24) is 4.31 Å². The number of rotatable bonds is 4. The molecular formula is C22H22N2O5S. The lowest BCUT2D eigenvalue weighted by atomic mass is 9.97. The number of fused-ring (bicyclic) bond motifs is 2. The number of carbonyl (C=O) groups excluding carboxylic acids is 1. The number of hydrogen-bond donors (Lipinski definition) is 1. The molecule has 0 aliphatic carbocycles. The number of nitrogens with one attached hydrogen (secondary N) is 1. The second-order valence-corrected chi connectivity index (χ2v) is 9.65. The summed E-state index contributed by atoms with van der Waals surface area (Å²) in [6.45, 7) is 1.25. The van der Waals surface area contributed by atoms with Crippen LogP contribution in [-0.4, -0.2) is 38.3 Å². The largest absolute Gasteiger partial charge is 0.493 e. The Bertz CT molecular complexity index is 1210. The summed E-state index contributed by atoms with van der Waals surface area (Å²) in [6, 6.07) is 12.4. The zero-order valence-corrected chi connectivity index (χ0v) is 17.2. The lowest BCUT2D eigenvalue weighted by Crippen LogP contribution is -2.41. The van der Waals surface area contributed by atoms with Gasteiger partial charge in [-0.25, -0.2) is 8.42 Å². The van der Waals surface area contributed by atoms with Crippen LogP contribution in [0.5, 0.6) is 5.75 Å². The van der Waals surface area contributed by atoms with Gasteiger partial charge in [-0.3, -0.25) is 4.79 Å². The van der Waals surface area contributed by atoms with Gasteiger partial charge in [0.05, 0.1) is 17.8 Å². The van der Waals surface area contributed by atoms with Crippen LogP contribution in [0, 0.1) is 5.92 Å². The van der Waals surface area contributed by atoms with Crippen molar-refractivity contribution in [2.75, 3.05) is 25.0 Å². The molecule has 1 saturated heterocycles. The maximum Gasteiger partial charge on any atom is 0.243 e. The fourth-order valence-electron chi connectivity index (χ4n) is 4.12. The smallest absolute Gasteiger partial charge is 0.243 e. The minimum Gasteiger partial charge on any atom is -0.493 e. The molecule has 1 N–H and O–H groups in total. The van der Waals surface area contributed by atoms with Gasteiger partial charge in [-0.05, 0) is 60.9 Å². The zero-order valence-electron chi connectivity index (χ0n) is 16.3. The fourth-order valence-corrected chi connectivity index (χ4v) is 5.64. The molecule has 0 bridgehead atoms. The highest BCUT2D eigenvalue weighted by molar-refractivity contribution is 7.89. The Hall–Kier alpha value is -2.84. The molecule has 0 unspecified atom stereocenters. The van der Waals surface area contributed by atoms with Gasteiger partial charge in [-0.1, -0.05) is 0 Å². The number of benzene rings is 2. The Kier molecular flexibility index (Phi) is 4.75. The number of anilines is 1. The Balaban J connectivity index is 1.23. The second kappa shape index (κ2) is 7.45. The van der Waals surface area contributed by atoms with Crippen LogP contribution < -0.4 is 10.1 Å². The number of carbonyl (C=O) groups is 1. The van der Waals surface area contributed by atoms with Crippen LogP contribution in [0.4, 0.5) is 5.69 Å². The molecule has 30 heavy (non-hydrogen) atoms. The molecule has 2 aliphatic rings. The lowest BCUT2D eigenvalue weighted by molar-refractivity contribution is -0.120. The number of amides is 1. The predicted molar refractivity (Wildman–Crippen MR) is 112 cm³/mol. The van der Waals surface area contributed by atoms with Crippen LogP contribution in [0.1, 0.15) is 18.4 Å². The molecular weight excluding hydrogens is 404 g/mol. The number of sulfonamides is 1. The first-order valence-corrected chi connectivity index (χ1v) is 11.5. The Labute approximate surface area is 174 Å².